The molecule has 0 bridgehead atoms. The van der Waals surface area contributed by atoms with Gasteiger partial charge in [0.1, 0.15) is 0 Å². The third-order valence-electron chi connectivity index (χ3n) is 4.54. The monoisotopic (exact) mass is 239 g/mol. The Hall–Kier alpha value is -0.0800. The van der Waals surface area contributed by atoms with Gasteiger partial charge in [0.25, 0.3) is 0 Å². The molecule has 0 amide bonds. The van der Waals surface area contributed by atoms with Gasteiger partial charge < -0.3 is 10.1 Å². The molecule has 17 heavy (non-hydrogen) atoms. The van der Waals surface area contributed by atoms with E-state index < -0.39 is 0 Å². The molecule has 0 saturated heterocycles. The average molecular weight is 239 g/mol. The van der Waals surface area contributed by atoms with Gasteiger partial charge in [-0.3, -0.25) is 0 Å². The van der Waals surface area contributed by atoms with E-state index in [-0.39, 0.29) is 0 Å². The van der Waals surface area contributed by atoms with Crippen molar-refractivity contribution in [2.75, 3.05) is 13.2 Å². The Bertz CT molecular complexity index is 213. The molecule has 0 radical (unpaired) electrons. The van der Waals surface area contributed by atoms with Crippen molar-refractivity contribution in [2.24, 2.45) is 11.8 Å². The largest absolute Gasteiger partial charge is 0.376 e. The van der Waals surface area contributed by atoms with Crippen LogP contribution >= 0.6 is 0 Å². The van der Waals surface area contributed by atoms with Crippen molar-refractivity contribution >= 4 is 0 Å². The summed E-state index contributed by atoms with van der Waals surface area (Å²) >= 11 is 0. The molecule has 3 unspecified atom stereocenters. The lowest BCUT2D eigenvalue weighted by Gasteiger charge is -2.35. The maximum Gasteiger partial charge on any atom is 0.0730 e. The van der Waals surface area contributed by atoms with E-state index in [1.165, 1.54) is 44.9 Å². The SMILES string of the molecule is CCNC1CCC(C)CC1OCC1CCCC1. The van der Waals surface area contributed by atoms with Crippen LogP contribution < -0.4 is 5.32 Å². The minimum Gasteiger partial charge on any atom is -0.376 e. The molecule has 0 aromatic carbocycles. The molecule has 1 N–H and O–H groups in total. The van der Waals surface area contributed by atoms with Crippen molar-refractivity contribution in [1.29, 1.82) is 0 Å². The first-order valence-corrected chi connectivity index (χ1v) is 7.64. The Kier molecular flexibility index (Phi) is 5.30. The van der Waals surface area contributed by atoms with Crippen LogP contribution in [0.15, 0.2) is 0 Å². The first-order valence-electron chi connectivity index (χ1n) is 7.64. The van der Waals surface area contributed by atoms with Crippen LogP contribution in [0, 0.1) is 11.8 Å². The normalized spacial score (nSPS) is 35.3. The smallest absolute Gasteiger partial charge is 0.0730 e. The molecule has 2 fully saturated rings. The van der Waals surface area contributed by atoms with Crippen molar-refractivity contribution in [1.82, 2.24) is 5.32 Å². The van der Waals surface area contributed by atoms with Gasteiger partial charge in [0.2, 0.25) is 0 Å². The summed E-state index contributed by atoms with van der Waals surface area (Å²) in [6.45, 7) is 6.65. The van der Waals surface area contributed by atoms with E-state index in [4.69, 9.17) is 4.74 Å². The Morgan fingerprint density at radius 3 is 2.59 bits per heavy atom. The van der Waals surface area contributed by atoms with E-state index in [9.17, 15) is 0 Å². The van der Waals surface area contributed by atoms with Crippen LogP contribution in [0.4, 0.5) is 0 Å². The summed E-state index contributed by atoms with van der Waals surface area (Å²) in [4.78, 5) is 0. The molecule has 2 aliphatic carbocycles. The molecule has 0 heterocycles. The zero-order valence-electron chi connectivity index (χ0n) is 11.6. The zero-order chi connectivity index (χ0) is 12.1. The van der Waals surface area contributed by atoms with Gasteiger partial charge in [0.05, 0.1) is 6.10 Å². The van der Waals surface area contributed by atoms with Gasteiger partial charge in [-0.25, -0.2) is 0 Å². The van der Waals surface area contributed by atoms with Crippen LogP contribution in [0.25, 0.3) is 0 Å². The maximum atomic E-state index is 6.24. The van der Waals surface area contributed by atoms with Crippen molar-refractivity contribution < 1.29 is 4.74 Å². The fraction of sp³-hybridized carbons (Fsp3) is 1.00. The molecule has 3 atom stereocenters. The Morgan fingerprint density at radius 2 is 1.88 bits per heavy atom. The molecule has 2 aliphatic rings. The first-order chi connectivity index (χ1) is 8.29. The van der Waals surface area contributed by atoms with E-state index >= 15 is 0 Å². The predicted molar refractivity (Wildman–Crippen MR) is 72.2 cm³/mol. The third kappa shape index (κ3) is 3.96. The lowest BCUT2D eigenvalue weighted by atomic mass is 9.85. The highest BCUT2D eigenvalue weighted by atomic mass is 16.5. The van der Waals surface area contributed by atoms with Gasteiger partial charge in [-0.1, -0.05) is 26.7 Å². The molecule has 0 aliphatic heterocycles. The molecule has 2 saturated carbocycles. The Labute approximate surface area is 107 Å². The van der Waals surface area contributed by atoms with Gasteiger partial charge >= 0.3 is 0 Å². The van der Waals surface area contributed by atoms with Gasteiger partial charge in [-0.05, 0) is 50.5 Å². The molecular weight excluding hydrogens is 210 g/mol. The van der Waals surface area contributed by atoms with Crippen LogP contribution in [0.1, 0.15) is 58.8 Å². The molecule has 100 valence electrons. The second kappa shape index (κ2) is 6.75. The fourth-order valence-corrected chi connectivity index (χ4v) is 3.45. The predicted octanol–water partition coefficient (Wildman–Crippen LogP) is 3.36. The average Bonchev–Trinajstić information content (AvgIpc) is 2.82. The standard InChI is InChI=1S/C15H29NO/c1-3-16-14-9-8-12(2)10-15(14)17-11-13-6-4-5-7-13/h12-16H,3-11H2,1-2H3. The van der Waals surface area contributed by atoms with Crippen LogP contribution in [-0.2, 0) is 4.74 Å². The zero-order valence-corrected chi connectivity index (χ0v) is 11.6. The summed E-state index contributed by atoms with van der Waals surface area (Å²) in [6, 6.07) is 0.609. The molecule has 0 spiro atoms. The minimum absolute atomic E-state index is 0.472. The van der Waals surface area contributed by atoms with Crippen molar-refractivity contribution in [3.63, 3.8) is 0 Å². The highest BCUT2D eigenvalue weighted by Crippen LogP contribution is 2.29. The van der Waals surface area contributed by atoms with E-state index in [1.54, 1.807) is 0 Å². The summed E-state index contributed by atoms with van der Waals surface area (Å²) in [5.41, 5.74) is 0. The molecular formula is C15H29NO. The number of hydrogen-bond donors (Lipinski definition) is 1. The molecule has 0 aromatic heterocycles. The van der Waals surface area contributed by atoms with Crippen LogP contribution in [0.2, 0.25) is 0 Å². The highest BCUT2D eigenvalue weighted by molar-refractivity contribution is 4.84. The highest BCUT2D eigenvalue weighted by Gasteiger charge is 2.29. The maximum absolute atomic E-state index is 6.24. The lowest BCUT2D eigenvalue weighted by Crippen LogP contribution is -2.45. The summed E-state index contributed by atoms with van der Waals surface area (Å²) in [7, 11) is 0. The van der Waals surface area contributed by atoms with Crippen molar-refractivity contribution in [3.05, 3.63) is 0 Å². The van der Waals surface area contributed by atoms with E-state index in [0.29, 0.717) is 12.1 Å². The minimum atomic E-state index is 0.472. The quantitative estimate of drug-likeness (QED) is 0.794. The fourth-order valence-electron chi connectivity index (χ4n) is 3.45. The summed E-state index contributed by atoms with van der Waals surface area (Å²) in [5, 5.41) is 3.61. The van der Waals surface area contributed by atoms with Gasteiger partial charge in [-0.2, -0.15) is 0 Å². The number of hydrogen-bond acceptors (Lipinski definition) is 2. The summed E-state index contributed by atoms with van der Waals surface area (Å²) < 4.78 is 6.24. The Morgan fingerprint density at radius 1 is 1.12 bits per heavy atom. The first kappa shape index (κ1) is 13.4. The van der Waals surface area contributed by atoms with Crippen LogP contribution in [-0.4, -0.2) is 25.3 Å². The summed E-state index contributed by atoms with van der Waals surface area (Å²) in [6.07, 6.45) is 10.0. The molecule has 2 heteroatoms. The molecule has 2 rings (SSSR count). The number of nitrogens with one attached hydrogen (secondary N) is 1. The van der Waals surface area contributed by atoms with E-state index in [0.717, 1.165) is 25.0 Å². The van der Waals surface area contributed by atoms with E-state index in [1.807, 2.05) is 0 Å². The van der Waals surface area contributed by atoms with Gasteiger partial charge in [0, 0.05) is 12.6 Å². The third-order valence-corrected chi connectivity index (χ3v) is 4.54. The van der Waals surface area contributed by atoms with Gasteiger partial charge in [-0.15, -0.1) is 0 Å². The van der Waals surface area contributed by atoms with Crippen LogP contribution in [0.5, 0.6) is 0 Å². The second-order valence-electron chi connectivity index (χ2n) is 6.10. The van der Waals surface area contributed by atoms with Gasteiger partial charge in [0.15, 0.2) is 0 Å². The summed E-state index contributed by atoms with van der Waals surface area (Å²) in [5.74, 6) is 1.70. The topological polar surface area (TPSA) is 21.3 Å². The van der Waals surface area contributed by atoms with Crippen LogP contribution in [0.3, 0.4) is 0 Å². The van der Waals surface area contributed by atoms with Crippen molar-refractivity contribution in [2.45, 2.75) is 70.9 Å². The number of rotatable bonds is 5. The molecule has 0 aromatic rings. The number of likely N-dealkylation sites (N-methyl/N-ethyl adjacent to an activating group) is 1. The second-order valence-corrected chi connectivity index (χ2v) is 6.10. The Balaban J connectivity index is 1.77. The molecule has 2 nitrogen and oxygen atoms in total. The number of ether oxygens (including phenoxy) is 1. The van der Waals surface area contributed by atoms with Crippen molar-refractivity contribution in [3.8, 4) is 0 Å². The van der Waals surface area contributed by atoms with E-state index in [2.05, 4.69) is 19.2 Å². The lowest BCUT2D eigenvalue weighted by molar-refractivity contribution is -0.0222.